The molecule has 0 aliphatic heterocycles. The van der Waals surface area contributed by atoms with Crippen LogP contribution in [0, 0.1) is 0 Å². The maximum Gasteiger partial charge on any atom is 0.255 e. The molecule has 4 aromatic rings. The predicted octanol–water partition coefficient (Wildman–Crippen LogP) is 5.76. The molecule has 4 rings (SSSR count). The SMILES string of the molecule is CCc1ccc(NC(=O)c2cccc(-c3nccc(Oc4cccc(OC)c4)n3)c2)cc1. The molecule has 0 unspecified atom stereocenters. The van der Waals surface area contributed by atoms with Crippen molar-refractivity contribution in [3.63, 3.8) is 0 Å². The Morgan fingerprint density at radius 3 is 2.50 bits per heavy atom. The van der Waals surface area contributed by atoms with E-state index in [-0.39, 0.29) is 5.91 Å². The number of carbonyl (C=O) groups excluding carboxylic acids is 1. The smallest absolute Gasteiger partial charge is 0.255 e. The van der Waals surface area contributed by atoms with Crippen LogP contribution in [0.5, 0.6) is 17.4 Å². The minimum Gasteiger partial charge on any atom is -0.497 e. The van der Waals surface area contributed by atoms with Gasteiger partial charge >= 0.3 is 0 Å². The third kappa shape index (κ3) is 5.10. The zero-order valence-electron chi connectivity index (χ0n) is 17.9. The second-order valence-electron chi connectivity index (χ2n) is 7.08. The van der Waals surface area contributed by atoms with Gasteiger partial charge in [-0.3, -0.25) is 4.79 Å². The molecule has 6 nitrogen and oxygen atoms in total. The maximum atomic E-state index is 12.7. The molecule has 0 aliphatic carbocycles. The van der Waals surface area contributed by atoms with Crippen molar-refractivity contribution in [3.8, 4) is 28.8 Å². The van der Waals surface area contributed by atoms with E-state index in [9.17, 15) is 4.79 Å². The zero-order valence-corrected chi connectivity index (χ0v) is 17.9. The van der Waals surface area contributed by atoms with Gasteiger partial charge in [0.2, 0.25) is 5.88 Å². The van der Waals surface area contributed by atoms with Gasteiger partial charge in [0, 0.05) is 35.1 Å². The van der Waals surface area contributed by atoms with Gasteiger partial charge in [0.25, 0.3) is 5.91 Å². The van der Waals surface area contributed by atoms with Gasteiger partial charge in [0.15, 0.2) is 5.82 Å². The highest BCUT2D eigenvalue weighted by Crippen LogP contribution is 2.25. The normalized spacial score (nSPS) is 10.4. The number of anilines is 1. The summed E-state index contributed by atoms with van der Waals surface area (Å²) >= 11 is 0. The number of carbonyl (C=O) groups is 1. The summed E-state index contributed by atoms with van der Waals surface area (Å²) in [6, 6.07) is 24.0. The molecule has 0 fully saturated rings. The highest BCUT2D eigenvalue weighted by atomic mass is 16.5. The molecule has 1 aromatic heterocycles. The summed E-state index contributed by atoms with van der Waals surface area (Å²) in [7, 11) is 1.60. The Hall–Kier alpha value is -4.19. The van der Waals surface area contributed by atoms with E-state index in [1.807, 2.05) is 54.6 Å². The number of nitrogens with one attached hydrogen (secondary N) is 1. The molecule has 1 amide bonds. The lowest BCUT2D eigenvalue weighted by atomic mass is 10.1. The quantitative estimate of drug-likeness (QED) is 0.408. The number of aromatic nitrogens is 2. The number of hydrogen-bond donors (Lipinski definition) is 1. The summed E-state index contributed by atoms with van der Waals surface area (Å²) in [5.74, 6) is 1.97. The molecule has 1 heterocycles. The third-order valence-corrected chi connectivity index (χ3v) is 4.90. The summed E-state index contributed by atoms with van der Waals surface area (Å²) in [6.45, 7) is 2.10. The Morgan fingerprint density at radius 2 is 1.72 bits per heavy atom. The van der Waals surface area contributed by atoms with Gasteiger partial charge in [-0.25, -0.2) is 4.98 Å². The van der Waals surface area contributed by atoms with Gasteiger partial charge < -0.3 is 14.8 Å². The third-order valence-electron chi connectivity index (χ3n) is 4.90. The minimum absolute atomic E-state index is 0.195. The Labute approximate surface area is 186 Å². The number of methoxy groups -OCH3 is 1. The van der Waals surface area contributed by atoms with E-state index in [2.05, 4.69) is 22.2 Å². The number of hydrogen-bond acceptors (Lipinski definition) is 5. The van der Waals surface area contributed by atoms with Gasteiger partial charge in [-0.05, 0) is 48.4 Å². The van der Waals surface area contributed by atoms with Crippen LogP contribution in [0.2, 0.25) is 0 Å². The van der Waals surface area contributed by atoms with Crippen molar-refractivity contribution in [2.45, 2.75) is 13.3 Å². The summed E-state index contributed by atoms with van der Waals surface area (Å²) in [4.78, 5) is 21.6. The van der Waals surface area contributed by atoms with E-state index >= 15 is 0 Å². The van der Waals surface area contributed by atoms with Crippen LogP contribution >= 0.6 is 0 Å². The number of rotatable bonds is 7. The van der Waals surface area contributed by atoms with Crippen molar-refractivity contribution in [3.05, 3.63) is 96.2 Å². The molecular weight excluding hydrogens is 402 g/mol. The molecule has 0 atom stereocenters. The highest BCUT2D eigenvalue weighted by molar-refractivity contribution is 6.04. The van der Waals surface area contributed by atoms with Gasteiger partial charge in [0.1, 0.15) is 11.5 Å². The van der Waals surface area contributed by atoms with Crippen LogP contribution < -0.4 is 14.8 Å². The van der Waals surface area contributed by atoms with Crippen LogP contribution in [-0.4, -0.2) is 23.0 Å². The van der Waals surface area contributed by atoms with E-state index in [0.29, 0.717) is 28.8 Å². The summed E-state index contributed by atoms with van der Waals surface area (Å²) in [5.41, 5.74) is 3.21. The number of benzene rings is 3. The minimum atomic E-state index is -0.195. The molecule has 0 bridgehead atoms. The van der Waals surface area contributed by atoms with E-state index in [1.54, 1.807) is 37.6 Å². The monoisotopic (exact) mass is 425 g/mol. The molecule has 0 radical (unpaired) electrons. The molecule has 0 saturated carbocycles. The lowest BCUT2D eigenvalue weighted by Gasteiger charge is -2.09. The van der Waals surface area contributed by atoms with Crippen LogP contribution in [0.3, 0.4) is 0 Å². The summed E-state index contributed by atoms with van der Waals surface area (Å²) in [5, 5.41) is 2.93. The number of ether oxygens (including phenoxy) is 2. The Bertz CT molecular complexity index is 1220. The molecule has 160 valence electrons. The van der Waals surface area contributed by atoms with Crippen molar-refractivity contribution in [2.75, 3.05) is 12.4 Å². The predicted molar refractivity (Wildman–Crippen MR) is 124 cm³/mol. The highest BCUT2D eigenvalue weighted by Gasteiger charge is 2.10. The van der Waals surface area contributed by atoms with Crippen LogP contribution in [0.15, 0.2) is 85.1 Å². The Kier molecular flexibility index (Phi) is 6.41. The van der Waals surface area contributed by atoms with Gasteiger partial charge in [-0.2, -0.15) is 4.98 Å². The lowest BCUT2D eigenvalue weighted by molar-refractivity contribution is 0.102. The standard InChI is InChI=1S/C26H23N3O3/c1-3-18-10-12-21(13-11-18)28-26(30)20-7-4-6-19(16-20)25-27-15-14-24(29-25)32-23-9-5-8-22(17-23)31-2/h4-17H,3H2,1-2H3,(H,28,30). The molecule has 3 aromatic carbocycles. The van der Waals surface area contributed by atoms with Crippen LogP contribution in [0.25, 0.3) is 11.4 Å². The number of amides is 1. The first kappa shape index (κ1) is 21.1. The van der Waals surface area contributed by atoms with E-state index < -0.39 is 0 Å². The summed E-state index contributed by atoms with van der Waals surface area (Å²) in [6.07, 6.45) is 2.58. The molecule has 0 aliphatic rings. The van der Waals surface area contributed by atoms with Crippen molar-refractivity contribution in [1.29, 1.82) is 0 Å². The molecule has 32 heavy (non-hydrogen) atoms. The largest absolute Gasteiger partial charge is 0.497 e. The fourth-order valence-electron chi connectivity index (χ4n) is 3.15. The van der Waals surface area contributed by atoms with Crippen molar-refractivity contribution in [1.82, 2.24) is 9.97 Å². The van der Waals surface area contributed by atoms with Crippen LogP contribution in [0.4, 0.5) is 5.69 Å². The van der Waals surface area contributed by atoms with Gasteiger partial charge in [0.05, 0.1) is 7.11 Å². The maximum absolute atomic E-state index is 12.7. The molecule has 0 spiro atoms. The fourth-order valence-corrected chi connectivity index (χ4v) is 3.15. The average molecular weight is 425 g/mol. The Balaban J connectivity index is 1.52. The molecular formula is C26H23N3O3. The van der Waals surface area contributed by atoms with Gasteiger partial charge in [-0.15, -0.1) is 0 Å². The number of nitrogens with zero attached hydrogens (tertiary/aromatic N) is 2. The van der Waals surface area contributed by atoms with E-state index in [0.717, 1.165) is 17.7 Å². The van der Waals surface area contributed by atoms with Crippen molar-refractivity contribution in [2.24, 2.45) is 0 Å². The topological polar surface area (TPSA) is 73.3 Å². The fraction of sp³-hybridized carbons (Fsp3) is 0.115. The molecule has 1 N–H and O–H groups in total. The average Bonchev–Trinajstić information content (AvgIpc) is 2.85. The van der Waals surface area contributed by atoms with Crippen LogP contribution in [-0.2, 0) is 6.42 Å². The van der Waals surface area contributed by atoms with Crippen LogP contribution in [0.1, 0.15) is 22.8 Å². The zero-order chi connectivity index (χ0) is 22.3. The van der Waals surface area contributed by atoms with E-state index in [1.165, 1.54) is 5.56 Å². The van der Waals surface area contributed by atoms with Gasteiger partial charge in [-0.1, -0.05) is 37.3 Å². The first-order valence-corrected chi connectivity index (χ1v) is 10.3. The first-order valence-electron chi connectivity index (χ1n) is 10.3. The lowest BCUT2D eigenvalue weighted by Crippen LogP contribution is -2.12. The van der Waals surface area contributed by atoms with Crippen molar-refractivity contribution >= 4 is 11.6 Å². The van der Waals surface area contributed by atoms with E-state index in [4.69, 9.17) is 9.47 Å². The van der Waals surface area contributed by atoms with Crippen molar-refractivity contribution < 1.29 is 14.3 Å². The first-order chi connectivity index (χ1) is 15.6. The summed E-state index contributed by atoms with van der Waals surface area (Å²) < 4.78 is 11.1. The Morgan fingerprint density at radius 1 is 0.938 bits per heavy atom. The second kappa shape index (κ2) is 9.75. The molecule has 0 saturated heterocycles. The molecule has 6 heteroatoms. The second-order valence-corrected chi connectivity index (χ2v) is 7.08. The number of aryl methyl sites for hydroxylation is 1.